The summed E-state index contributed by atoms with van der Waals surface area (Å²) in [4.78, 5) is 35.3. The van der Waals surface area contributed by atoms with E-state index in [1.165, 1.54) is 12.3 Å². The molecule has 0 aliphatic rings. The number of halogens is 1. The molecule has 2 amide bonds. The molecular formula is C17H17ClN2O5. The van der Waals surface area contributed by atoms with Crippen LogP contribution in [0, 0.1) is 13.8 Å². The van der Waals surface area contributed by atoms with Crippen molar-refractivity contribution < 1.29 is 23.5 Å². The zero-order valence-corrected chi connectivity index (χ0v) is 14.5. The lowest BCUT2D eigenvalue weighted by Gasteiger charge is -2.10. The summed E-state index contributed by atoms with van der Waals surface area (Å²) in [5.74, 6) is -1.27. The molecule has 1 aromatic heterocycles. The molecule has 0 fully saturated rings. The minimum absolute atomic E-state index is 0.252. The van der Waals surface area contributed by atoms with E-state index in [2.05, 4.69) is 10.6 Å². The predicted octanol–water partition coefficient (Wildman–Crippen LogP) is 2.46. The maximum atomic E-state index is 11.9. The van der Waals surface area contributed by atoms with E-state index in [1.54, 1.807) is 32.0 Å². The van der Waals surface area contributed by atoms with E-state index in [-0.39, 0.29) is 12.1 Å². The Morgan fingerprint density at radius 1 is 1.16 bits per heavy atom. The predicted molar refractivity (Wildman–Crippen MR) is 91.6 cm³/mol. The molecule has 0 saturated heterocycles. The van der Waals surface area contributed by atoms with Crippen LogP contribution in [0.2, 0.25) is 5.02 Å². The molecule has 0 spiro atoms. The van der Waals surface area contributed by atoms with E-state index in [9.17, 15) is 14.4 Å². The van der Waals surface area contributed by atoms with Gasteiger partial charge in [0.15, 0.2) is 6.61 Å². The minimum atomic E-state index is -0.666. The van der Waals surface area contributed by atoms with Crippen molar-refractivity contribution in [3.8, 4) is 0 Å². The number of rotatable bonds is 6. The summed E-state index contributed by atoms with van der Waals surface area (Å²) in [6.45, 7) is 2.63. The molecule has 1 aromatic carbocycles. The van der Waals surface area contributed by atoms with Crippen LogP contribution < -0.4 is 10.6 Å². The van der Waals surface area contributed by atoms with Gasteiger partial charge in [-0.1, -0.05) is 17.7 Å². The highest BCUT2D eigenvalue weighted by atomic mass is 35.5. The topological polar surface area (TPSA) is 97.6 Å². The van der Waals surface area contributed by atoms with Crippen LogP contribution in [-0.2, 0) is 14.3 Å². The second-order valence-electron chi connectivity index (χ2n) is 5.20. The first-order valence-corrected chi connectivity index (χ1v) is 7.79. The molecule has 2 N–H and O–H groups in total. The Bertz CT molecular complexity index is 800. The molecule has 25 heavy (non-hydrogen) atoms. The average molecular weight is 365 g/mol. The summed E-state index contributed by atoms with van der Waals surface area (Å²) in [5.41, 5.74) is 1.55. The molecule has 0 unspecified atom stereocenters. The van der Waals surface area contributed by atoms with Gasteiger partial charge in [-0.05, 0) is 37.6 Å². The van der Waals surface area contributed by atoms with Gasteiger partial charge in [0.1, 0.15) is 11.3 Å². The van der Waals surface area contributed by atoms with Crippen molar-refractivity contribution >= 4 is 35.1 Å². The summed E-state index contributed by atoms with van der Waals surface area (Å²) in [5, 5.41) is 5.54. The number of aryl methyl sites for hydroxylation is 1. The molecule has 0 radical (unpaired) electrons. The largest absolute Gasteiger partial charge is 0.469 e. The molecular weight excluding hydrogens is 348 g/mol. The van der Waals surface area contributed by atoms with Gasteiger partial charge in [0.2, 0.25) is 5.91 Å². The van der Waals surface area contributed by atoms with Crippen molar-refractivity contribution in [1.29, 1.82) is 0 Å². The number of furan rings is 1. The Morgan fingerprint density at radius 3 is 2.60 bits per heavy atom. The third-order valence-electron chi connectivity index (χ3n) is 3.40. The standard InChI is InChI=1S/C17H17ClN2O5/c1-10-13(18)4-3-5-14(10)20-15(21)8-19-16(22)9-25-17(23)12-6-7-24-11(12)2/h3-7H,8-9H2,1-2H3,(H,19,22)(H,20,21). The van der Waals surface area contributed by atoms with Crippen LogP contribution in [-0.4, -0.2) is 30.9 Å². The lowest BCUT2D eigenvalue weighted by atomic mass is 10.2. The van der Waals surface area contributed by atoms with Gasteiger partial charge in [-0.2, -0.15) is 0 Å². The molecule has 0 bridgehead atoms. The number of amides is 2. The SMILES string of the molecule is Cc1occc1C(=O)OCC(=O)NCC(=O)Nc1cccc(Cl)c1C. The quantitative estimate of drug-likeness (QED) is 0.767. The van der Waals surface area contributed by atoms with Gasteiger partial charge in [-0.15, -0.1) is 0 Å². The lowest BCUT2D eigenvalue weighted by Crippen LogP contribution is -2.35. The maximum absolute atomic E-state index is 11.9. The summed E-state index contributed by atoms with van der Waals surface area (Å²) in [7, 11) is 0. The molecule has 0 atom stereocenters. The summed E-state index contributed by atoms with van der Waals surface area (Å²) < 4.78 is 9.84. The highest BCUT2D eigenvalue weighted by Gasteiger charge is 2.15. The third kappa shape index (κ3) is 5.09. The van der Waals surface area contributed by atoms with Gasteiger partial charge in [-0.25, -0.2) is 4.79 Å². The molecule has 1 heterocycles. The normalized spacial score (nSPS) is 10.2. The van der Waals surface area contributed by atoms with Crippen LogP contribution in [0.3, 0.4) is 0 Å². The molecule has 2 rings (SSSR count). The number of esters is 1. The Hall–Kier alpha value is -2.80. The van der Waals surface area contributed by atoms with E-state index in [0.29, 0.717) is 16.5 Å². The highest BCUT2D eigenvalue weighted by Crippen LogP contribution is 2.22. The zero-order chi connectivity index (χ0) is 18.4. The molecule has 0 aliphatic carbocycles. The van der Waals surface area contributed by atoms with Gasteiger partial charge < -0.3 is 19.8 Å². The maximum Gasteiger partial charge on any atom is 0.342 e. The highest BCUT2D eigenvalue weighted by molar-refractivity contribution is 6.31. The number of benzene rings is 1. The molecule has 7 nitrogen and oxygen atoms in total. The Morgan fingerprint density at radius 2 is 1.92 bits per heavy atom. The van der Waals surface area contributed by atoms with Gasteiger partial charge in [-0.3, -0.25) is 9.59 Å². The Labute approximate surface area is 149 Å². The number of ether oxygens (including phenoxy) is 1. The van der Waals surface area contributed by atoms with Crippen LogP contribution in [0.1, 0.15) is 21.7 Å². The van der Waals surface area contributed by atoms with Gasteiger partial charge in [0.05, 0.1) is 12.8 Å². The van der Waals surface area contributed by atoms with Gasteiger partial charge >= 0.3 is 5.97 Å². The third-order valence-corrected chi connectivity index (χ3v) is 3.81. The van der Waals surface area contributed by atoms with E-state index >= 15 is 0 Å². The first-order valence-electron chi connectivity index (χ1n) is 7.41. The number of hydrogen-bond acceptors (Lipinski definition) is 5. The fourth-order valence-corrected chi connectivity index (χ4v) is 2.15. The molecule has 0 aliphatic heterocycles. The Kier molecular flexibility index (Phi) is 6.19. The van der Waals surface area contributed by atoms with Crippen molar-refractivity contribution in [2.75, 3.05) is 18.5 Å². The molecule has 0 saturated carbocycles. The monoisotopic (exact) mass is 364 g/mol. The fourth-order valence-electron chi connectivity index (χ4n) is 1.97. The molecule has 8 heteroatoms. The van der Waals surface area contributed by atoms with Gasteiger partial charge in [0, 0.05) is 10.7 Å². The van der Waals surface area contributed by atoms with Crippen molar-refractivity contribution in [1.82, 2.24) is 5.32 Å². The van der Waals surface area contributed by atoms with Crippen LogP contribution in [0.5, 0.6) is 0 Å². The minimum Gasteiger partial charge on any atom is -0.469 e. The number of hydrogen-bond donors (Lipinski definition) is 2. The smallest absolute Gasteiger partial charge is 0.342 e. The number of carbonyl (C=O) groups excluding carboxylic acids is 3. The second kappa shape index (κ2) is 8.34. The van der Waals surface area contributed by atoms with E-state index in [0.717, 1.165) is 5.56 Å². The number of anilines is 1. The average Bonchev–Trinajstić information content (AvgIpc) is 3.01. The Balaban J connectivity index is 1.76. The van der Waals surface area contributed by atoms with Crippen LogP contribution in [0.15, 0.2) is 34.9 Å². The van der Waals surface area contributed by atoms with Crippen LogP contribution in [0.4, 0.5) is 5.69 Å². The summed E-state index contributed by atoms with van der Waals surface area (Å²) >= 11 is 5.97. The fraction of sp³-hybridized carbons (Fsp3) is 0.235. The molecule has 132 valence electrons. The van der Waals surface area contributed by atoms with Crippen molar-refractivity contribution in [2.24, 2.45) is 0 Å². The zero-order valence-electron chi connectivity index (χ0n) is 13.7. The van der Waals surface area contributed by atoms with Gasteiger partial charge in [0.25, 0.3) is 5.91 Å². The first kappa shape index (κ1) is 18.5. The van der Waals surface area contributed by atoms with E-state index < -0.39 is 24.4 Å². The van der Waals surface area contributed by atoms with Crippen LogP contribution in [0.25, 0.3) is 0 Å². The van der Waals surface area contributed by atoms with Crippen LogP contribution >= 0.6 is 11.6 Å². The van der Waals surface area contributed by atoms with Crippen molar-refractivity contribution in [3.05, 3.63) is 52.4 Å². The first-order chi connectivity index (χ1) is 11.9. The second-order valence-corrected chi connectivity index (χ2v) is 5.61. The van der Waals surface area contributed by atoms with Crippen molar-refractivity contribution in [3.63, 3.8) is 0 Å². The molecule has 2 aromatic rings. The number of carbonyl (C=O) groups is 3. The lowest BCUT2D eigenvalue weighted by molar-refractivity contribution is -0.126. The van der Waals surface area contributed by atoms with E-state index in [1.807, 2.05) is 0 Å². The number of nitrogens with one attached hydrogen (secondary N) is 2. The van der Waals surface area contributed by atoms with Crippen molar-refractivity contribution in [2.45, 2.75) is 13.8 Å². The summed E-state index contributed by atoms with van der Waals surface area (Å²) in [6, 6.07) is 6.58. The van der Waals surface area contributed by atoms with E-state index in [4.69, 9.17) is 20.8 Å². The summed E-state index contributed by atoms with van der Waals surface area (Å²) in [6.07, 6.45) is 1.36.